The first-order chi connectivity index (χ1) is 16.3. The number of fused-ring (bicyclic) bond motifs is 1. The number of imide groups is 1. The number of aromatic nitrogens is 2. The van der Waals surface area contributed by atoms with Crippen molar-refractivity contribution < 1.29 is 19.1 Å². The van der Waals surface area contributed by atoms with Crippen LogP contribution in [0.25, 0.3) is 11.3 Å². The number of rotatable bonds is 5. The Morgan fingerprint density at radius 1 is 1.09 bits per heavy atom. The molecule has 1 atom stereocenters. The van der Waals surface area contributed by atoms with Gasteiger partial charge in [-0.25, -0.2) is 9.78 Å². The van der Waals surface area contributed by atoms with E-state index in [2.05, 4.69) is 20.6 Å². The van der Waals surface area contributed by atoms with Gasteiger partial charge in [0, 0.05) is 23.9 Å². The minimum atomic E-state index is -1.41. The van der Waals surface area contributed by atoms with Gasteiger partial charge in [-0.2, -0.15) is 0 Å². The summed E-state index contributed by atoms with van der Waals surface area (Å²) in [5.41, 5.74) is 3.71. The summed E-state index contributed by atoms with van der Waals surface area (Å²) < 4.78 is 5.24. The molecule has 0 spiro atoms. The van der Waals surface area contributed by atoms with Crippen LogP contribution in [0.2, 0.25) is 0 Å². The Hall–Kier alpha value is -4.27. The van der Waals surface area contributed by atoms with Crippen LogP contribution < -0.4 is 15.4 Å². The van der Waals surface area contributed by atoms with Crippen molar-refractivity contribution in [2.24, 2.45) is 0 Å². The zero-order valence-corrected chi connectivity index (χ0v) is 19.0. The van der Waals surface area contributed by atoms with Gasteiger partial charge in [0.25, 0.3) is 11.8 Å². The Kier molecular flexibility index (Phi) is 5.04. The first kappa shape index (κ1) is 21.6. The van der Waals surface area contributed by atoms with E-state index in [4.69, 9.17) is 4.74 Å². The van der Waals surface area contributed by atoms with Gasteiger partial charge in [-0.05, 0) is 37.1 Å². The highest BCUT2D eigenvalue weighted by Gasteiger charge is 2.50. The first-order valence-corrected chi connectivity index (χ1v) is 10.8. The van der Waals surface area contributed by atoms with Gasteiger partial charge in [-0.3, -0.25) is 19.9 Å². The predicted molar refractivity (Wildman–Crippen MR) is 123 cm³/mol. The lowest BCUT2D eigenvalue weighted by molar-refractivity contribution is -0.124. The third-order valence-corrected chi connectivity index (χ3v) is 6.29. The first-order valence-electron chi connectivity index (χ1n) is 10.8. The van der Waals surface area contributed by atoms with Crippen molar-refractivity contribution >= 4 is 17.8 Å². The lowest BCUT2D eigenvalue weighted by Gasteiger charge is -2.31. The highest BCUT2D eigenvalue weighted by atomic mass is 16.5. The third kappa shape index (κ3) is 3.45. The molecule has 1 fully saturated rings. The van der Waals surface area contributed by atoms with E-state index in [0.717, 1.165) is 28.2 Å². The molecule has 0 saturated carbocycles. The number of ether oxygens (including phenoxy) is 1. The average Bonchev–Trinajstić information content (AvgIpc) is 3.30. The molecule has 5 rings (SSSR count). The molecule has 34 heavy (non-hydrogen) atoms. The van der Waals surface area contributed by atoms with E-state index >= 15 is 0 Å². The lowest BCUT2D eigenvalue weighted by Crippen LogP contribution is -2.52. The average molecular weight is 457 g/mol. The van der Waals surface area contributed by atoms with Crippen molar-refractivity contribution in [2.75, 3.05) is 13.7 Å². The summed E-state index contributed by atoms with van der Waals surface area (Å²) in [5.74, 6) is -0.136. The molecule has 2 aromatic carbocycles. The molecule has 0 bridgehead atoms. The van der Waals surface area contributed by atoms with E-state index in [1.807, 2.05) is 32.0 Å². The number of methoxy groups -OCH3 is 1. The summed E-state index contributed by atoms with van der Waals surface area (Å²) in [7, 11) is 1.54. The number of carbonyl (C=O) groups excluding carboxylic acids is 3. The Morgan fingerprint density at radius 3 is 2.53 bits per heavy atom. The third-order valence-electron chi connectivity index (χ3n) is 6.29. The quantitative estimate of drug-likeness (QED) is 0.569. The number of urea groups is 1. The fourth-order valence-corrected chi connectivity index (χ4v) is 4.50. The molecule has 1 aromatic heterocycles. The smallest absolute Gasteiger partial charge is 0.322 e. The van der Waals surface area contributed by atoms with E-state index in [0.29, 0.717) is 23.4 Å². The Bertz CT molecular complexity index is 1340. The van der Waals surface area contributed by atoms with E-state index < -0.39 is 17.5 Å². The number of aryl methyl sites for hydroxylation is 2. The van der Waals surface area contributed by atoms with E-state index in [1.54, 1.807) is 42.5 Å². The van der Waals surface area contributed by atoms with Crippen LogP contribution in [-0.4, -0.2) is 46.4 Å². The number of hydrogen-bond donors (Lipinski definition) is 2. The zero-order chi connectivity index (χ0) is 24.0. The molecule has 0 radical (unpaired) electrons. The van der Waals surface area contributed by atoms with Gasteiger partial charge in [0.2, 0.25) is 0 Å². The summed E-state index contributed by atoms with van der Waals surface area (Å²) in [6.07, 6.45) is 1.71. The van der Waals surface area contributed by atoms with Gasteiger partial charge >= 0.3 is 6.03 Å². The van der Waals surface area contributed by atoms with Crippen LogP contribution >= 0.6 is 0 Å². The fraction of sp³-hybridized carbons (Fsp3) is 0.240. The van der Waals surface area contributed by atoms with Gasteiger partial charge in [0.1, 0.15) is 5.75 Å². The normalized spacial score (nSPS) is 19.1. The Labute approximate surface area is 196 Å². The van der Waals surface area contributed by atoms with Gasteiger partial charge < -0.3 is 15.0 Å². The van der Waals surface area contributed by atoms with Crippen molar-refractivity contribution in [1.29, 1.82) is 0 Å². The Balaban J connectivity index is 1.49. The van der Waals surface area contributed by atoms with E-state index in [9.17, 15) is 14.4 Å². The molecule has 172 valence electrons. The standard InChI is InChI=1S/C25H23N5O4/c1-14-11-26-15(2)21(27-14)16-4-7-18(8-5-16)25(23(32)28-24(33)29-25)13-30-12-17-6-9-19(34-3)10-20(17)22(30)31/h4-11H,12-13H2,1-3H3,(H2,28,29,32,33)/t25-/m1/s1. The maximum atomic E-state index is 13.1. The minimum Gasteiger partial charge on any atom is -0.497 e. The summed E-state index contributed by atoms with van der Waals surface area (Å²) >= 11 is 0. The van der Waals surface area contributed by atoms with Gasteiger partial charge in [-0.15, -0.1) is 0 Å². The molecular weight excluding hydrogens is 434 g/mol. The molecule has 0 unspecified atom stereocenters. The molecule has 2 aliphatic rings. The molecule has 9 heteroatoms. The highest BCUT2D eigenvalue weighted by molar-refractivity contribution is 6.08. The number of hydrogen-bond acceptors (Lipinski definition) is 6. The molecule has 3 heterocycles. The van der Waals surface area contributed by atoms with Crippen LogP contribution in [0.5, 0.6) is 5.75 Å². The molecule has 4 amide bonds. The van der Waals surface area contributed by atoms with Crippen LogP contribution in [0.1, 0.15) is 32.9 Å². The van der Waals surface area contributed by atoms with Crippen molar-refractivity contribution in [3.63, 3.8) is 0 Å². The maximum Gasteiger partial charge on any atom is 0.322 e. The lowest BCUT2D eigenvalue weighted by atomic mass is 9.88. The van der Waals surface area contributed by atoms with E-state index in [1.165, 1.54) is 0 Å². The van der Waals surface area contributed by atoms with Crippen molar-refractivity contribution in [1.82, 2.24) is 25.5 Å². The summed E-state index contributed by atoms with van der Waals surface area (Å²) in [5, 5.41) is 5.09. The molecule has 2 N–H and O–H groups in total. The minimum absolute atomic E-state index is 0.0109. The van der Waals surface area contributed by atoms with Gasteiger partial charge in [0.15, 0.2) is 5.54 Å². The zero-order valence-electron chi connectivity index (χ0n) is 19.0. The van der Waals surface area contributed by atoms with Crippen molar-refractivity contribution in [3.8, 4) is 17.0 Å². The van der Waals surface area contributed by atoms with Crippen molar-refractivity contribution in [2.45, 2.75) is 25.9 Å². The predicted octanol–water partition coefficient (Wildman–Crippen LogP) is 2.46. The number of carbonyl (C=O) groups is 3. The number of amides is 4. The molecule has 0 aliphatic carbocycles. The Morgan fingerprint density at radius 2 is 1.85 bits per heavy atom. The topological polar surface area (TPSA) is 114 Å². The number of nitrogens with one attached hydrogen (secondary N) is 2. The second-order valence-electron chi connectivity index (χ2n) is 8.52. The van der Waals surface area contributed by atoms with Gasteiger partial charge in [-0.1, -0.05) is 30.3 Å². The molecule has 3 aromatic rings. The molecule has 9 nitrogen and oxygen atoms in total. The summed E-state index contributed by atoms with van der Waals surface area (Å²) in [6, 6.07) is 12.0. The summed E-state index contributed by atoms with van der Waals surface area (Å²) in [6.45, 7) is 4.08. The molecule has 2 aliphatic heterocycles. The second-order valence-corrected chi connectivity index (χ2v) is 8.52. The van der Waals surface area contributed by atoms with Crippen LogP contribution in [-0.2, 0) is 16.9 Å². The number of benzene rings is 2. The fourth-order valence-electron chi connectivity index (χ4n) is 4.50. The highest BCUT2D eigenvalue weighted by Crippen LogP contribution is 2.33. The van der Waals surface area contributed by atoms with Crippen LogP contribution in [0.4, 0.5) is 4.79 Å². The van der Waals surface area contributed by atoms with E-state index in [-0.39, 0.29) is 12.5 Å². The SMILES string of the molecule is COc1ccc2c(c1)C(=O)N(C[C@]1(c3ccc(-c4nc(C)cnc4C)cc3)NC(=O)NC1=O)C2. The molecule has 1 saturated heterocycles. The largest absolute Gasteiger partial charge is 0.497 e. The molecular formula is C25H23N5O4. The van der Waals surface area contributed by atoms with Crippen LogP contribution in [0, 0.1) is 13.8 Å². The monoisotopic (exact) mass is 457 g/mol. The van der Waals surface area contributed by atoms with Crippen molar-refractivity contribution in [3.05, 3.63) is 76.7 Å². The number of nitrogens with zero attached hydrogens (tertiary/aromatic N) is 3. The van der Waals surface area contributed by atoms with Gasteiger partial charge in [0.05, 0.1) is 30.7 Å². The maximum absolute atomic E-state index is 13.1. The summed E-state index contributed by atoms with van der Waals surface area (Å²) in [4.78, 5) is 48.9. The second kappa shape index (κ2) is 7.95. The van der Waals surface area contributed by atoms with Crippen LogP contribution in [0.3, 0.4) is 0 Å². The van der Waals surface area contributed by atoms with Crippen LogP contribution in [0.15, 0.2) is 48.7 Å².